The Morgan fingerprint density at radius 1 is 1.40 bits per heavy atom. The monoisotopic (exact) mass is 277 g/mol. The van der Waals surface area contributed by atoms with E-state index in [4.69, 9.17) is 0 Å². The number of phenolic OH excluding ortho intramolecular Hbond substituents is 1. The van der Waals surface area contributed by atoms with Gasteiger partial charge in [0.15, 0.2) is 0 Å². The summed E-state index contributed by atoms with van der Waals surface area (Å²) in [6.07, 6.45) is 0. The molecule has 0 aliphatic carbocycles. The molecule has 0 saturated carbocycles. The first-order chi connectivity index (χ1) is 9.56. The van der Waals surface area contributed by atoms with Gasteiger partial charge in [0.1, 0.15) is 5.75 Å². The van der Waals surface area contributed by atoms with Crippen LogP contribution in [-0.4, -0.2) is 49.3 Å². The molecule has 20 heavy (non-hydrogen) atoms. The smallest absolute Gasteiger partial charge is 0.122 e. The Balaban J connectivity index is 2.12. The number of hydrogen-bond acceptors (Lipinski definition) is 4. The van der Waals surface area contributed by atoms with E-state index in [0.29, 0.717) is 11.8 Å². The molecular weight excluding hydrogens is 250 g/mol. The van der Waals surface area contributed by atoms with Crippen molar-refractivity contribution >= 4 is 5.69 Å². The molecule has 1 fully saturated rings. The summed E-state index contributed by atoms with van der Waals surface area (Å²) in [5, 5.41) is 13.4. The third-order valence-electron chi connectivity index (χ3n) is 4.45. The van der Waals surface area contributed by atoms with Gasteiger partial charge in [0.2, 0.25) is 0 Å². The highest BCUT2D eigenvalue weighted by molar-refractivity contribution is 5.54. The fourth-order valence-corrected chi connectivity index (χ4v) is 2.95. The van der Waals surface area contributed by atoms with Crippen LogP contribution in [0.5, 0.6) is 5.75 Å². The molecule has 1 saturated heterocycles. The highest BCUT2D eigenvalue weighted by Gasteiger charge is 2.23. The maximum atomic E-state index is 10.2. The first-order valence-electron chi connectivity index (χ1n) is 7.56. The van der Waals surface area contributed by atoms with Crippen molar-refractivity contribution in [1.29, 1.82) is 0 Å². The fourth-order valence-electron chi connectivity index (χ4n) is 2.95. The Morgan fingerprint density at radius 3 is 2.70 bits per heavy atom. The van der Waals surface area contributed by atoms with E-state index in [1.807, 2.05) is 19.2 Å². The predicted octanol–water partition coefficient (Wildman–Crippen LogP) is 2.20. The van der Waals surface area contributed by atoms with Crippen LogP contribution in [0.4, 0.5) is 5.69 Å². The molecule has 2 rings (SSSR count). The van der Waals surface area contributed by atoms with Gasteiger partial charge < -0.3 is 15.3 Å². The number of hydrogen-bond donors (Lipinski definition) is 2. The molecule has 0 spiro atoms. The lowest BCUT2D eigenvalue weighted by molar-refractivity contribution is 0.199. The third-order valence-corrected chi connectivity index (χ3v) is 4.45. The quantitative estimate of drug-likeness (QED) is 0.885. The summed E-state index contributed by atoms with van der Waals surface area (Å²) in [6.45, 7) is 10.8. The third kappa shape index (κ3) is 3.07. The standard InChI is InChI=1S/C16H27N3O/c1-5-18-8-9-19(11-12(18)2)14-6-7-15(13(3)17-4)16(20)10-14/h6-7,10,12-13,17,20H,5,8-9,11H2,1-4H3. The number of benzene rings is 1. The number of phenols is 1. The van der Waals surface area contributed by atoms with Crippen LogP contribution in [-0.2, 0) is 0 Å². The van der Waals surface area contributed by atoms with Crippen molar-refractivity contribution in [2.75, 3.05) is 38.1 Å². The number of likely N-dealkylation sites (N-methyl/N-ethyl adjacent to an activating group) is 1. The SMILES string of the molecule is CCN1CCN(c2ccc(C(C)NC)c(O)c2)CC1C. The van der Waals surface area contributed by atoms with E-state index >= 15 is 0 Å². The van der Waals surface area contributed by atoms with E-state index in [-0.39, 0.29) is 6.04 Å². The minimum atomic E-state index is 0.167. The molecule has 2 atom stereocenters. The van der Waals surface area contributed by atoms with E-state index in [9.17, 15) is 5.11 Å². The fraction of sp³-hybridized carbons (Fsp3) is 0.625. The molecule has 2 unspecified atom stereocenters. The molecule has 2 N–H and O–H groups in total. The molecular formula is C16H27N3O. The molecule has 0 radical (unpaired) electrons. The van der Waals surface area contributed by atoms with Crippen LogP contribution in [0.25, 0.3) is 0 Å². The first-order valence-corrected chi connectivity index (χ1v) is 7.56. The summed E-state index contributed by atoms with van der Waals surface area (Å²) < 4.78 is 0. The zero-order valence-electron chi connectivity index (χ0n) is 13.1. The highest BCUT2D eigenvalue weighted by atomic mass is 16.3. The number of nitrogens with one attached hydrogen (secondary N) is 1. The summed E-state index contributed by atoms with van der Waals surface area (Å²) >= 11 is 0. The molecule has 112 valence electrons. The Morgan fingerprint density at radius 2 is 2.15 bits per heavy atom. The number of anilines is 1. The van der Waals surface area contributed by atoms with E-state index in [2.05, 4.69) is 42.0 Å². The molecule has 4 heteroatoms. The average molecular weight is 277 g/mol. The van der Waals surface area contributed by atoms with Gasteiger partial charge >= 0.3 is 0 Å². The van der Waals surface area contributed by atoms with Gasteiger partial charge in [-0.3, -0.25) is 4.90 Å². The van der Waals surface area contributed by atoms with Gasteiger partial charge in [-0.2, -0.15) is 0 Å². The van der Waals surface area contributed by atoms with Crippen molar-refractivity contribution in [3.63, 3.8) is 0 Å². The molecule has 1 aliphatic rings. The Labute approximate surface area is 122 Å². The van der Waals surface area contributed by atoms with Crippen molar-refractivity contribution in [1.82, 2.24) is 10.2 Å². The highest BCUT2D eigenvalue weighted by Crippen LogP contribution is 2.29. The second kappa shape index (κ2) is 6.46. The van der Waals surface area contributed by atoms with Crippen molar-refractivity contribution in [2.24, 2.45) is 0 Å². The van der Waals surface area contributed by atoms with Gasteiger partial charge in [-0.1, -0.05) is 13.0 Å². The van der Waals surface area contributed by atoms with Gasteiger partial charge in [0, 0.05) is 49.0 Å². The molecule has 1 aromatic rings. The van der Waals surface area contributed by atoms with Gasteiger partial charge in [-0.25, -0.2) is 0 Å². The maximum absolute atomic E-state index is 10.2. The number of rotatable bonds is 4. The van der Waals surface area contributed by atoms with E-state index in [1.165, 1.54) is 0 Å². The van der Waals surface area contributed by atoms with Crippen LogP contribution >= 0.6 is 0 Å². The zero-order chi connectivity index (χ0) is 14.7. The minimum absolute atomic E-state index is 0.167. The molecule has 0 amide bonds. The summed E-state index contributed by atoms with van der Waals surface area (Å²) in [6, 6.07) is 6.78. The van der Waals surface area contributed by atoms with Crippen molar-refractivity contribution in [2.45, 2.75) is 32.9 Å². The van der Waals surface area contributed by atoms with Gasteiger partial charge in [-0.05, 0) is 33.5 Å². The summed E-state index contributed by atoms with van der Waals surface area (Å²) in [7, 11) is 1.91. The lowest BCUT2D eigenvalue weighted by Gasteiger charge is -2.40. The number of nitrogens with zero attached hydrogens (tertiary/aromatic N) is 2. The Hall–Kier alpha value is -1.26. The van der Waals surface area contributed by atoms with Crippen LogP contribution in [0.3, 0.4) is 0 Å². The molecule has 1 heterocycles. The lowest BCUT2D eigenvalue weighted by atomic mass is 10.1. The van der Waals surface area contributed by atoms with Crippen molar-refractivity contribution in [3.8, 4) is 5.75 Å². The minimum Gasteiger partial charge on any atom is -0.508 e. The van der Waals surface area contributed by atoms with E-state index < -0.39 is 0 Å². The van der Waals surface area contributed by atoms with Crippen LogP contribution in [0.1, 0.15) is 32.4 Å². The normalized spacial score (nSPS) is 22.0. The van der Waals surface area contributed by atoms with Gasteiger partial charge in [-0.15, -0.1) is 0 Å². The first kappa shape index (κ1) is 15.1. The van der Waals surface area contributed by atoms with Crippen molar-refractivity contribution < 1.29 is 5.11 Å². The predicted molar refractivity (Wildman–Crippen MR) is 84.5 cm³/mol. The second-order valence-electron chi connectivity index (χ2n) is 5.68. The Bertz CT molecular complexity index is 449. The van der Waals surface area contributed by atoms with Crippen LogP contribution in [0.15, 0.2) is 18.2 Å². The maximum Gasteiger partial charge on any atom is 0.122 e. The molecule has 0 bridgehead atoms. The molecule has 1 aliphatic heterocycles. The number of piperazine rings is 1. The summed E-state index contributed by atoms with van der Waals surface area (Å²) in [4.78, 5) is 4.86. The largest absolute Gasteiger partial charge is 0.508 e. The summed E-state index contributed by atoms with van der Waals surface area (Å²) in [5.41, 5.74) is 2.08. The van der Waals surface area contributed by atoms with Crippen LogP contribution in [0, 0.1) is 0 Å². The van der Waals surface area contributed by atoms with Crippen LogP contribution in [0.2, 0.25) is 0 Å². The van der Waals surface area contributed by atoms with Crippen molar-refractivity contribution in [3.05, 3.63) is 23.8 Å². The van der Waals surface area contributed by atoms with E-state index in [1.54, 1.807) is 0 Å². The topological polar surface area (TPSA) is 38.7 Å². The number of aromatic hydroxyl groups is 1. The van der Waals surface area contributed by atoms with Gasteiger partial charge in [0.25, 0.3) is 0 Å². The second-order valence-corrected chi connectivity index (χ2v) is 5.68. The molecule has 4 nitrogen and oxygen atoms in total. The molecule has 0 aromatic heterocycles. The average Bonchev–Trinajstić information content (AvgIpc) is 2.46. The summed E-state index contributed by atoms with van der Waals surface area (Å²) in [5.74, 6) is 0.384. The van der Waals surface area contributed by atoms with Gasteiger partial charge in [0.05, 0.1) is 0 Å². The Kier molecular flexibility index (Phi) is 4.89. The van der Waals surface area contributed by atoms with Crippen LogP contribution < -0.4 is 10.2 Å². The molecule has 1 aromatic carbocycles. The van der Waals surface area contributed by atoms with E-state index in [0.717, 1.165) is 37.4 Å². The lowest BCUT2D eigenvalue weighted by Crippen LogP contribution is -2.51. The zero-order valence-corrected chi connectivity index (χ0v) is 13.1.